The predicted octanol–water partition coefficient (Wildman–Crippen LogP) is 1.58. The van der Waals surface area contributed by atoms with Crippen LogP contribution in [0, 0.1) is 10.8 Å². The minimum absolute atomic E-state index is 0.0747. The van der Waals surface area contributed by atoms with Crippen LogP contribution in [0.25, 0.3) is 0 Å². The fourth-order valence-electron chi connectivity index (χ4n) is 5.33. The first-order valence-electron chi connectivity index (χ1n) is 8.07. The molecular formula is C17H24O5. The summed E-state index contributed by atoms with van der Waals surface area (Å²) in [5.41, 5.74) is -0.251. The predicted molar refractivity (Wildman–Crippen MR) is 78.1 cm³/mol. The van der Waals surface area contributed by atoms with Crippen LogP contribution >= 0.6 is 0 Å². The summed E-state index contributed by atoms with van der Waals surface area (Å²) < 4.78 is 17.9. The summed E-state index contributed by atoms with van der Waals surface area (Å²) in [6.45, 7) is 8.25. The second kappa shape index (κ2) is 4.13. The average molecular weight is 308 g/mol. The molecule has 0 radical (unpaired) electrons. The van der Waals surface area contributed by atoms with Crippen molar-refractivity contribution in [3.63, 3.8) is 0 Å². The summed E-state index contributed by atoms with van der Waals surface area (Å²) in [7, 11) is 0. The first kappa shape index (κ1) is 14.7. The summed E-state index contributed by atoms with van der Waals surface area (Å²) in [6.07, 6.45) is 2.33. The smallest absolute Gasteiger partial charge is 0.302 e. The van der Waals surface area contributed by atoms with E-state index in [9.17, 15) is 9.90 Å². The molecule has 5 heteroatoms. The highest BCUT2D eigenvalue weighted by Gasteiger charge is 2.83. The molecule has 4 rings (SSSR count). The number of aliphatic hydroxyl groups excluding tert-OH is 1. The summed E-state index contributed by atoms with van der Waals surface area (Å²) in [6, 6.07) is 0. The maximum Gasteiger partial charge on any atom is 0.302 e. The molecule has 7 unspecified atom stereocenters. The molecule has 0 amide bonds. The van der Waals surface area contributed by atoms with Crippen molar-refractivity contribution in [2.45, 2.75) is 70.6 Å². The van der Waals surface area contributed by atoms with Crippen LogP contribution in [0.1, 0.15) is 40.5 Å². The van der Waals surface area contributed by atoms with Crippen molar-refractivity contribution < 1.29 is 24.1 Å². The Morgan fingerprint density at radius 1 is 1.45 bits per heavy atom. The van der Waals surface area contributed by atoms with Crippen molar-refractivity contribution in [3.05, 3.63) is 11.6 Å². The van der Waals surface area contributed by atoms with Crippen LogP contribution < -0.4 is 0 Å². The Kier molecular flexibility index (Phi) is 2.76. The molecule has 7 atom stereocenters. The van der Waals surface area contributed by atoms with Gasteiger partial charge in [-0.3, -0.25) is 4.79 Å². The van der Waals surface area contributed by atoms with Gasteiger partial charge < -0.3 is 19.3 Å². The lowest BCUT2D eigenvalue weighted by Crippen LogP contribution is -2.68. The second-order valence-corrected chi connectivity index (χ2v) is 7.78. The van der Waals surface area contributed by atoms with E-state index in [1.165, 1.54) is 6.92 Å². The van der Waals surface area contributed by atoms with Crippen LogP contribution in [0.3, 0.4) is 0 Å². The third-order valence-corrected chi connectivity index (χ3v) is 6.90. The molecule has 4 aliphatic rings. The first-order valence-corrected chi connectivity index (χ1v) is 8.07. The Labute approximate surface area is 130 Å². The van der Waals surface area contributed by atoms with Gasteiger partial charge in [0.15, 0.2) is 0 Å². The fourth-order valence-corrected chi connectivity index (χ4v) is 5.33. The lowest BCUT2D eigenvalue weighted by atomic mass is 9.51. The van der Waals surface area contributed by atoms with E-state index in [-0.39, 0.29) is 24.3 Å². The van der Waals surface area contributed by atoms with Gasteiger partial charge in [0, 0.05) is 24.2 Å². The zero-order valence-corrected chi connectivity index (χ0v) is 13.6. The zero-order chi connectivity index (χ0) is 15.9. The van der Waals surface area contributed by atoms with Gasteiger partial charge in [-0.1, -0.05) is 25.5 Å². The fraction of sp³-hybridized carbons (Fsp3) is 0.824. The van der Waals surface area contributed by atoms with E-state index in [4.69, 9.17) is 14.2 Å². The molecule has 2 bridgehead atoms. The SMILES string of the molecule is CC(=O)OC1CC2OC3C=C(C)CC(O)C3(C)C1(C)C21CO1. The summed E-state index contributed by atoms with van der Waals surface area (Å²) in [4.78, 5) is 11.6. The van der Waals surface area contributed by atoms with Crippen molar-refractivity contribution >= 4 is 5.97 Å². The molecule has 3 fully saturated rings. The minimum atomic E-state index is -0.536. The second-order valence-electron chi connectivity index (χ2n) is 7.78. The van der Waals surface area contributed by atoms with Gasteiger partial charge in [-0.25, -0.2) is 0 Å². The number of hydrogen-bond acceptors (Lipinski definition) is 5. The van der Waals surface area contributed by atoms with Crippen LogP contribution in [0.4, 0.5) is 0 Å². The summed E-state index contributed by atoms with van der Waals surface area (Å²) in [5, 5.41) is 10.9. The van der Waals surface area contributed by atoms with Crippen molar-refractivity contribution in [3.8, 4) is 0 Å². The Morgan fingerprint density at radius 2 is 2.14 bits per heavy atom. The summed E-state index contributed by atoms with van der Waals surface area (Å²) in [5.74, 6) is -0.285. The number of fused-ring (bicyclic) bond motifs is 2. The largest absolute Gasteiger partial charge is 0.462 e. The molecule has 0 aromatic carbocycles. The van der Waals surface area contributed by atoms with Gasteiger partial charge in [-0.15, -0.1) is 0 Å². The molecule has 2 aliphatic heterocycles. The zero-order valence-electron chi connectivity index (χ0n) is 13.6. The maximum absolute atomic E-state index is 11.6. The highest BCUT2D eigenvalue weighted by molar-refractivity contribution is 5.66. The van der Waals surface area contributed by atoms with Gasteiger partial charge in [0.25, 0.3) is 0 Å². The molecule has 0 aromatic rings. The number of rotatable bonds is 1. The van der Waals surface area contributed by atoms with Gasteiger partial charge >= 0.3 is 5.97 Å². The number of hydrogen-bond donors (Lipinski definition) is 1. The third kappa shape index (κ3) is 1.43. The molecule has 1 spiro atoms. The number of carbonyl (C=O) groups excluding carboxylic acids is 1. The van der Waals surface area contributed by atoms with E-state index >= 15 is 0 Å². The van der Waals surface area contributed by atoms with Crippen LogP contribution in [-0.2, 0) is 19.0 Å². The van der Waals surface area contributed by atoms with E-state index in [1.807, 2.05) is 6.92 Å². The van der Waals surface area contributed by atoms with Gasteiger partial charge in [0.05, 0.1) is 24.9 Å². The van der Waals surface area contributed by atoms with E-state index in [0.717, 1.165) is 5.57 Å². The normalized spacial score (nSPS) is 55.6. The highest BCUT2D eigenvalue weighted by atomic mass is 16.6. The molecule has 2 aliphatic carbocycles. The molecular weight excluding hydrogens is 284 g/mol. The molecule has 5 nitrogen and oxygen atoms in total. The van der Waals surface area contributed by atoms with Crippen molar-refractivity contribution in [2.75, 3.05) is 6.61 Å². The van der Waals surface area contributed by atoms with Crippen molar-refractivity contribution in [2.24, 2.45) is 10.8 Å². The number of carbonyl (C=O) groups is 1. The molecule has 2 saturated heterocycles. The lowest BCUT2D eigenvalue weighted by Gasteiger charge is -2.59. The van der Waals surface area contributed by atoms with E-state index < -0.39 is 22.5 Å². The maximum atomic E-state index is 11.6. The monoisotopic (exact) mass is 308 g/mol. The van der Waals surface area contributed by atoms with Crippen LogP contribution in [0.2, 0.25) is 0 Å². The minimum Gasteiger partial charge on any atom is -0.462 e. The van der Waals surface area contributed by atoms with Crippen molar-refractivity contribution in [1.29, 1.82) is 0 Å². The van der Waals surface area contributed by atoms with Crippen LogP contribution in [0.15, 0.2) is 11.6 Å². The van der Waals surface area contributed by atoms with Gasteiger partial charge in [-0.05, 0) is 13.3 Å². The molecule has 122 valence electrons. The Morgan fingerprint density at radius 3 is 2.73 bits per heavy atom. The Balaban J connectivity index is 1.85. The first-order chi connectivity index (χ1) is 10.3. The third-order valence-electron chi connectivity index (χ3n) is 6.90. The summed E-state index contributed by atoms with van der Waals surface area (Å²) >= 11 is 0. The Bertz CT molecular complexity index is 565. The molecule has 1 saturated carbocycles. The number of esters is 1. The van der Waals surface area contributed by atoms with Gasteiger partial charge in [0.1, 0.15) is 11.7 Å². The molecule has 2 heterocycles. The quantitative estimate of drug-likeness (QED) is 0.452. The lowest BCUT2D eigenvalue weighted by molar-refractivity contribution is -0.240. The Hall–Kier alpha value is -0.910. The van der Waals surface area contributed by atoms with E-state index in [1.54, 1.807) is 0 Å². The number of epoxide rings is 1. The topological polar surface area (TPSA) is 68.3 Å². The van der Waals surface area contributed by atoms with Gasteiger partial charge in [-0.2, -0.15) is 0 Å². The average Bonchev–Trinajstić information content (AvgIpc) is 3.18. The van der Waals surface area contributed by atoms with Gasteiger partial charge in [0.2, 0.25) is 0 Å². The van der Waals surface area contributed by atoms with E-state index in [2.05, 4.69) is 19.9 Å². The molecule has 1 N–H and O–H groups in total. The molecule has 0 aromatic heterocycles. The molecule has 22 heavy (non-hydrogen) atoms. The van der Waals surface area contributed by atoms with Crippen molar-refractivity contribution in [1.82, 2.24) is 0 Å². The standard InChI is InChI=1S/C17H24O5/c1-9-5-11(19)15(3)12(6-9)22-14-7-13(21-10(2)18)16(15,4)17(14)8-20-17/h6,11-14,19H,5,7-8H2,1-4H3. The highest BCUT2D eigenvalue weighted by Crippen LogP contribution is 2.71. The van der Waals surface area contributed by atoms with Crippen LogP contribution in [0.5, 0.6) is 0 Å². The van der Waals surface area contributed by atoms with E-state index in [0.29, 0.717) is 19.4 Å². The van der Waals surface area contributed by atoms with Crippen LogP contribution in [-0.4, -0.2) is 47.7 Å². The number of aliphatic hydroxyl groups is 1. The number of ether oxygens (including phenoxy) is 3.